The molecule has 3 nitrogen and oxygen atoms in total. The summed E-state index contributed by atoms with van der Waals surface area (Å²) in [5.74, 6) is 0.488. The topological polar surface area (TPSA) is 45.2 Å². The Morgan fingerprint density at radius 1 is 1.29 bits per heavy atom. The molecule has 1 aliphatic heterocycles. The Kier molecular flexibility index (Phi) is 4.43. The van der Waals surface area contributed by atoms with E-state index in [2.05, 4.69) is 22.4 Å². The standard InChI is InChI=1S/C17H21ClN2O/c1-11-7-13-8-15(12-3-2-5-19-6-4-12)17(18)20-16(13)9-14(11)10-21/h7-9,12,19,21H,2-6,10H2,1H3. The van der Waals surface area contributed by atoms with E-state index in [1.165, 1.54) is 12.0 Å². The Balaban J connectivity index is 2.05. The number of fused-ring (bicyclic) bond motifs is 1. The van der Waals surface area contributed by atoms with Crippen LogP contribution >= 0.6 is 11.6 Å². The van der Waals surface area contributed by atoms with Gasteiger partial charge in [-0.15, -0.1) is 0 Å². The summed E-state index contributed by atoms with van der Waals surface area (Å²) in [5, 5.41) is 14.5. The molecule has 0 radical (unpaired) electrons. The van der Waals surface area contributed by atoms with Crippen LogP contribution in [0.3, 0.4) is 0 Å². The Bertz CT molecular complexity index is 649. The van der Waals surface area contributed by atoms with Crippen molar-refractivity contribution in [3.63, 3.8) is 0 Å². The second-order valence-electron chi connectivity index (χ2n) is 5.88. The van der Waals surface area contributed by atoms with Gasteiger partial charge in [0.25, 0.3) is 0 Å². The highest BCUT2D eigenvalue weighted by molar-refractivity contribution is 6.30. The van der Waals surface area contributed by atoms with Crippen molar-refractivity contribution in [3.8, 4) is 0 Å². The van der Waals surface area contributed by atoms with Crippen LogP contribution in [0.4, 0.5) is 0 Å². The van der Waals surface area contributed by atoms with Crippen LogP contribution in [0.5, 0.6) is 0 Å². The van der Waals surface area contributed by atoms with E-state index in [9.17, 15) is 5.11 Å². The summed E-state index contributed by atoms with van der Waals surface area (Å²) in [4.78, 5) is 4.57. The molecule has 2 N–H and O–H groups in total. The molecule has 1 atom stereocenters. The number of benzene rings is 1. The van der Waals surface area contributed by atoms with Crippen molar-refractivity contribution in [1.29, 1.82) is 0 Å². The Hall–Kier alpha value is -1.16. The largest absolute Gasteiger partial charge is 0.392 e. The van der Waals surface area contributed by atoms with Crippen LogP contribution in [0.25, 0.3) is 10.9 Å². The van der Waals surface area contributed by atoms with Crippen molar-refractivity contribution in [2.24, 2.45) is 0 Å². The Morgan fingerprint density at radius 2 is 2.14 bits per heavy atom. The molecular weight excluding hydrogens is 284 g/mol. The Labute approximate surface area is 130 Å². The summed E-state index contributed by atoms with van der Waals surface area (Å²) >= 11 is 6.43. The number of aliphatic hydroxyl groups is 1. The summed E-state index contributed by atoms with van der Waals surface area (Å²) in [6.45, 7) is 4.20. The van der Waals surface area contributed by atoms with Crippen LogP contribution < -0.4 is 5.32 Å². The fourth-order valence-corrected chi connectivity index (χ4v) is 3.46. The molecule has 1 aromatic carbocycles. The average Bonchev–Trinajstić information content (AvgIpc) is 2.75. The molecule has 2 aromatic rings. The van der Waals surface area contributed by atoms with Crippen molar-refractivity contribution < 1.29 is 5.11 Å². The first kappa shape index (κ1) is 14.8. The molecule has 0 saturated carbocycles. The number of aromatic nitrogens is 1. The van der Waals surface area contributed by atoms with E-state index in [0.29, 0.717) is 11.1 Å². The summed E-state index contributed by atoms with van der Waals surface area (Å²) in [6, 6.07) is 6.23. The fourth-order valence-electron chi connectivity index (χ4n) is 3.16. The van der Waals surface area contributed by atoms with Crippen molar-refractivity contribution >= 4 is 22.5 Å². The van der Waals surface area contributed by atoms with Crippen LogP contribution in [0.2, 0.25) is 5.15 Å². The minimum absolute atomic E-state index is 0.0388. The van der Waals surface area contributed by atoms with E-state index in [1.54, 1.807) is 0 Å². The van der Waals surface area contributed by atoms with Crippen molar-refractivity contribution in [2.75, 3.05) is 13.1 Å². The maximum atomic E-state index is 9.37. The molecule has 112 valence electrons. The molecule has 0 aliphatic carbocycles. The van der Waals surface area contributed by atoms with Crippen LogP contribution in [-0.4, -0.2) is 23.2 Å². The zero-order valence-corrected chi connectivity index (χ0v) is 13.1. The third-order valence-electron chi connectivity index (χ3n) is 4.44. The highest BCUT2D eigenvalue weighted by Gasteiger charge is 2.18. The maximum absolute atomic E-state index is 9.37. The molecule has 1 unspecified atom stereocenters. The lowest BCUT2D eigenvalue weighted by atomic mass is 9.92. The second kappa shape index (κ2) is 6.30. The van der Waals surface area contributed by atoms with E-state index < -0.39 is 0 Å². The van der Waals surface area contributed by atoms with Gasteiger partial charge in [-0.25, -0.2) is 4.98 Å². The van der Waals surface area contributed by atoms with Gasteiger partial charge in [0.2, 0.25) is 0 Å². The molecule has 1 fully saturated rings. The van der Waals surface area contributed by atoms with Gasteiger partial charge in [-0.1, -0.05) is 11.6 Å². The van der Waals surface area contributed by atoms with E-state index in [1.807, 2.05) is 13.0 Å². The van der Waals surface area contributed by atoms with Gasteiger partial charge in [0.05, 0.1) is 12.1 Å². The monoisotopic (exact) mass is 304 g/mol. The normalized spacial score (nSPS) is 19.7. The van der Waals surface area contributed by atoms with Gasteiger partial charge in [-0.05, 0) is 80.1 Å². The van der Waals surface area contributed by atoms with E-state index in [-0.39, 0.29) is 6.61 Å². The minimum Gasteiger partial charge on any atom is -0.392 e. The summed E-state index contributed by atoms with van der Waals surface area (Å²) in [5.41, 5.74) is 4.05. The summed E-state index contributed by atoms with van der Waals surface area (Å²) in [7, 11) is 0. The van der Waals surface area contributed by atoms with Gasteiger partial charge in [-0.3, -0.25) is 0 Å². The molecular formula is C17H21ClN2O. The molecule has 1 aromatic heterocycles. The molecule has 0 bridgehead atoms. The quantitative estimate of drug-likeness (QED) is 0.834. The van der Waals surface area contributed by atoms with Crippen molar-refractivity contribution in [3.05, 3.63) is 40.0 Å². The van der Waals surface area contributed by atoms with Crippen LogP contribution in [0, 0.1) is 6.92 Å². The third kappa shape index (κ3) is 3.05. The average molecular weight is 305 g/mol. The molecule has 2 heterocycles. The highest BCUT2D eigenvalue weighted by atomic mass is 35.5. The second-order valence-corrected chi connectivity index (χ2v) is 6.23. The van der Waals surface area contributed by atoms with E-state index in [4.69, 9.17) is 11.6 Å². The SMILES string of the molecule is Cc1cc2cc(C3CCCNCC3)c(Cl)nc2cc1CO. The van der Waals surface area contributed by atoms with E-state index >= 15 is 0 Å². The first-order valence-electron chi connectivity index (χ1n) is 7.60. The number of hydrogen-bond donors (Lipinski definition) is 2. The zero-order chi connectivity index (χ0) is 14.8. The predicted octanol–water partition coefficient (Wildman–Crippen LogP) is 3.55. The minimum atomic E-state index is 0.0388. The van der Waals surface area contributed by atoms with Crippen LogP contribution in [0.15, 0.2) is 18.2 Å². The number of pyridine rings is 1. The van der Waals surface area contributed by atoms with Crippen molar-refractivity contribution in [1.82, 2.24) is 10.3 Å². The maximum Gasteiger partial charge on any atom is 0.133 e. The van der Waals surface area contributed by atoms with Gasteiger partial charge in [0.1, 0.15) is 5.15 Å². The lowest BCUT2D eigenvalue weighted by Gasteiger charge is -2.16. The van der Waals surface area contributed by atoms with Crippen LogP contribution in [0.1, 0.15) is 41.9 Å². The number of aliphatic hydroxyl groups excluding tert-OH is 1. The molecule has 4 heteroatoms. The molecule has 1 saturated heterocycles. The molecule has 0 spiro atoms. The molecule has 0 amide bonds. The first-order chi connectivity index (χ1) is 10.2. The highest BCUT2D eigenvalue weighted by Crippen LogP contribution is 2.33. The summed E-state index contributed by atoms with van der Waals surface area (Å²) < 4.78 is 0. The Morgan fingerprint density at radius 3 is 2.95 bits per heavy atom. The van der Waals surface area contributed by atoms with Gasteiger partial charge in [-0.2, -0.15) is 0 Å². The molecule has 3 rings (SSSR count). The number of aryl methyl sites for hydroxylation is 1. The number of nitrogens with zero attached hydrogens (tertiary/aromatic N) is 1. The van der Waals surface area contributed by atoms with Gasteiger partial charge >= 0.3 is 0 Å². The molecule has 1 aliphatic rings. The zero-order valence-electron chi connectivity index (χ0n) is 12.3. The van der Waals surface area contributed by atoms with Crippen LogP contribution in [-0.2, 0) is 6.61 Å². The molecule has 21 heavy (non-hydrogen) atoms. The van der Waals surface area contributed by atoms with Gasteiger partial charge < -0.3 is 10.4 Å². The fraction of sp³-hybridized carbons (Fsp3) is 0.471. The van der Waals surface area contributed by atoms with Gasteiger partial charge in [0, 0.05) is 5.39 Å². The third-order valence-corrected chi connectivity index (χ3v) is 4.74. The number of hydrogen-bond acceptors (Lipinski definition) is 3. The lowest BCUT2D eigenvalue weighted by molar-refractivity contribution is 0.281. The smallest absolute Gasteiger partial charge is 0.133 e. The first-order valence-corrected chi connectivity index (χ1v) is 7.98. The number of rotatable bonds is 2. The lowest BCUT2D eigenvalue weighted by Crippen LogP contribution is -2.13. The van der Waals surface area contributed by atoms with Crippen molar-refractivity contribution in [2.45, 2.75) is 38.7 Å². The van der Waals surface area contributed by atoms with E-state index in [0.717, 1.165) is 48.0 Å². The number of nitrogens with one attached hydrogen (secondary N) is 1. The number of halogens is 1. The van der Waals surface area contributed by atoms with Gasteiger partial charge in [0.15, 0.2) is 0 Å². The predicted molar refractivity (Wildman–Crippen MR) is 86.9 cm³/mol. The summed E-state index contributed by atoms with van der Waals surface area (Å²) in [6.07, 6.45) is 3.45.